The van der Waals surface area contributed by atoms with Gasteiger partial charge in [0.2, 0.25) is 0 Å². The topological polar surface area (TPSA) is 61.1 Å². The second-order valence-electron chi connectivity index (χ2n) is 4.05. The van der Waals surface area contributed by atoms with Gasteiger partial charge >= 0.3 is 5.97 Å². The summed E-state index contributed by atoms with van der Waals surface area (Å²) in [5.74, 6) is -0.817. The zero-order chi connectivity index (χ0) is 11.1. The molecule has 1 fully saturated rings. The normalized spacial score (nSPS) is 16.8. The number of nitriles is 1. The third-order valence-corrected chi connectivity index (χ3v) is 2.97. The minimum atomic E-state index is -0.817. The zero-order valence-electron chi connectivity index (χ0n) is 8.45. The molecule has 1 aromatic carbocycles. The van der Waals surface area contributed by atoms with Gasteiger partial charge < -0.3 is 5.11 Å². The van der Waals surface area contributed by atoms with Gasteiger partial charge in [-0.2, -0.15) is 5.26 Å². The second-order valence-corrected chi connectivity index (χ2v) is 4.05. The molecule has 76 valence electrons. The molecule has 1 aromatic rings. The average Bonchev–Trinajstić information content (AvgIpc) is 2.98. The Hall–Kier alpha value is -1.82. The first-order chi connectivity index (χ1) is 7.10. The van der Waals surface area contributed by atoms with Crippen LogP contribution in [-0.2, 0) is 10.2 Å². The molecule has 0 heterocycles. The van der Waals surface area contributed by atoms with Crippen LogP contribution in [-0.4, -0.2) is 11.1 Å². The fourth-order valence-electron chi connectivity index (χ4n) is 1.89. The van der Waals surface area contributed by atoms with Crippen LogP contribution in [0.25, 0.3) is 0 Å². The summed E-state index contributed by atoms with van der Waals surface area (Å²) >= 11 is 0. The summed E-state index contributed by atoms with van der Waals surface area (Å²) in [6, 6.07) is 7.46. The Morgan fingerprint density at radius 2 is 2.20 bits per heavy atom. The second kappa shape index (κ2) is 3.09. The molecule has 0 saturated heterocycles. The van der Waals surface area contributed by atoms with E-state index in [9.17, 15) is 4.79 Å². The number of carboxylic acids is 1. The van der Waals surface area contributed by atoms with Gasteiger partial charge in [0.15, 0.2) is 0 Å². The molecular weight excluding hydrogens is 190 g/mol. The number of rotatable bonds is 2. The van der Waals surface area contributed by atoms with Crippen LogP contribution in [0.15, 0.2) is 18.2 Å². The lowest BCUT2D eigenvalue weighted by Crippen LogP contribution is -2.20. The van der Waals surface area contributed by atoms with Gasteiger partial charge in [0.25, 0.3) is 0 Å². The van der Waals surface area contributed by atoms with E-state index < -0.39 is 11.4 Å². The number of benzene rings is 1. The van der Waals surface area contributed by atoms with Crippen LogP contribution in [0, 0.1) is 18.3 Å². The first-order valence-electron chi connectivity index (χ1n) is 4.85. The Labute approximate surface area is 88.0 Å². The lowest BCUT2D eigenvalue weighted by molar-refractivity contribution is -0.140. The van der Waals surface area contributed by atoms with Gasteiger partial charge in [0.1, 0.15) is 0 Å². The van der Waals surface area contributed by atoms with E-state index in [0.717, 1.165) is 5.56 Å². The number of nitrogens with zero attached hydrogens (tertiary/aromatic N) is 1. The lowest BCUT2D eigenvalue weighted by atomic mass is 9.91. The summed E-state index contributed by atoms with van der Waals surface area (Å²) in [4.78, 5) is 11.1. The number of aliphatic carboxylic acids is 1. The summed E-state index contributed by atoms with van der Waals surface area (Å²) in [5.41, 5.74) is 1.37. The van der Waals surface area contributed by atoms with Crippen LogP contribution in [0.3, 0.4) is 0 Å². The Morgan fingerprint density at radius 3 is 2.67 bits per heavy atom. The molecule has 0 amide bonds. The summed E-state index contributed by atoms with van der Waals surface area (Å²) in [7, 11) is 0. The third-order valence-electron chi connectivity index (χ3n) is 2.97. The van der Waals surface area contributed by atoms with Crippen molar-refractivity contribution in [1.82, 2.24) is 0 Å². The van der Waals surface area contributed by atoms with E-state index >= 15 is 0 Å². The van der Waals surface area contributed by atoms with Gasteiger partial charge in [0.05, 0.1) is 17.0 Å². The molecule has 0 unspecified atom stereocenters. The van der Waals surface area contributed by atoms with Gasteiger partial charge in [-0.1, -0.05) is 12.1 Å². The first kappa shape index (κ1) is 9.72. The standard InChI is InChI=1S/C12H11NO2/c1-8-2-3-10(9(6-8)7-13)12(4-5-12)11(14)15/h2-3,6H,4-5H2,1H3,(H,14,15). The summed E-state index contributed by atoms with van der Waals surface area (Å²) in [5, 5.41) is 18.1. The van der Waals surface area contributed by atoms with E-state index in [-0.39, 0.29) is 0 Å². The maximum Gasteiger partial charge on any atom is 0.314 e. The average molecular weight is 201 g/mol. The summed E-state index contributed by atoms with van der Waals surface area (Å²) in [6.45, 7) is 1.89. The maximum atomic E-state index is 11.1. The molecule has 0 radical (unpaired) electrons. The van der Waals surface area contributed by atoms with Crippen molar-refractivity contribution in [3.05, 3.63) is 34.9 Å². The van der Waals surface area contributed by atoms with Crippen molar-refractivity contribution in [1.29, 1.82) is 5.26 Å². The minimum absolute atomic E-state index is 0.495. The molecule has 15 heavy (non-hydrogen) atoms. The van der Waals surface area contributed by atoms with E-state index in [2.05, 4.69) is 6.07 Å². The van der Waals surface area contributed by atoms with Crippen molar-refractivity contribution in [2.45, 2.75) is 25.2 Å². The molecule has 1 aliphatic carbocycles. The predicted octanol–water partition coefficient (Wildman–Crippen LogP) is 1.98. The zero-order valence-corrected chi connectivity index (χ0v) is 8.45. The van der Waals surface area contributed by atoms with E-state index in [1.165, 1.54) is 0 Å². The summed E-state index contributed by atoms with van der Waals surface area (Å²) in [6.07, 6.45) is 1.28. The number of carboxylic acid groups (broad SMARTS) is 1. The molecule has 1 aliphatic rings. The fraction of sp³-hybridized carbons (Fsp3) is 0.333. The van der Waals surface area contributed by atoms with Gasteiger partial charge in [0, 0.05) is 0 Å². The van der Waals surface area contributed by atoms with E-state index in [1.54, 1.807) is 12.1 Å². The Kier molecular flexibility index (Phi) is 2.01. The van der Waals surface area contributed by atoms with Crippen LogP contribution in [0.4, 0.5) is 0 Å². The highest BCUT2D eigenvalue weighted by molar-refractivity contribution is 5.85. The van der Waals surface area contributed by atoms with Crippen LogP contribution in [0.2, 0.25) is 0 Å². The molecule has 0 bridgehead atoms. The van der Waals surface area contributed by atoms with Crippen molar-refractivity contribution < 1.29 is 9.90 Å². The molecule has 3 nitrogen and oxygen atoms in total. The number of hydrogen-bond donors (Lipinski definition) is 1. The molecule has 0 aromatic heterocycles. The van der Waals surface area contributed by atoms with Crippen LogP contribution >= 0.6 is 0 Å². The quantitative estimate of drug-likeness (QED) is 0.795. The Morgan fingerprint density at radius 1 is 1.53 bits per heavy atom. The highest BCUT2D eigenvalue weighted by Crippen LogP contribution is 2.49. The Balaban J connectivity index is 2.55. The summed E-state index contributed by atoms with van der Waals surface area (Å²) < 4.78 is 0. The van der Waals surface area contributed by atoms with E-state index in [0.29, 0.717) is 24.0 Å². The van der Waals surface area contributed by atoms with Crippen LogP contribution in [0.5, 0.6) is 0 Å². The largest absolute Gasteiger partial charge is 0.481 e. The SMILES string of the molecule is Cc1ccc(C2(C(=O)O)CC2)c(C#N)c1. The molecule has 0 aliphatic heterocycles. The van der Waals surface area contributed by atoms with Gasteiger partial charge in [-0.25, -0.2) is 0 Å². The lowest BCUT2D eigenvalue weighted by Gasteiger charge is -2.12. The minimum Gasteiger partial charge on any atom is -0.481 e. The van der Waals surface area contributed by atoms with Crippen molar-refractivity contribution >= 4 is 5.97 Å². The molecule has 2 rings (SSSR count). The molecule has 3 heteroatoms. The van der Waals surface area contributed by atoms with Crippen LogP contribution in [0.1, 0.15) is 29.5 Å². The smallest absolute Gasteiger partial charge is 0.314 e. The monoisotopic (exact) mass is 201 g/mol. The number of aryl methyl sites for hydroxylation is 1. The van der Waals surface area contributed by atoms with Crippen molar-refractivity contribution in [2.75, 3.05) is 0 Å². The highest BCUT2D eigenvalue weighted by Gasteiger charge is 2.52. The van der Waals surface area contributed by atoms with E-state index in [1.807, 2.05) is 13.0 Å². The number of carbonyl (C=O) groups is 1. The van der Waals surface area contributed by atoms with Crippen LogP contribution < -0.4 is 0 Å². The Bertz CT molecular complexity index is 467. The van der Waals surface area contributed by atoms with Gasteiger partial charge in [-0.15, -0.1) is 0 Å². The van der Waals surface area contributed by atoms with E-state index in [4.69, 9.17) is 10.4 Å². The predicted molar refractivity (Wildman–Crippen MR) is 54.4 cm³/mol. The molecule has 0 atom stereocenters. The van der Waals surface area contributed by atoms with Gasteiger partial charge in [-0.05, 0) is 37.0 Å². The van der Waals surface area contributed by atoms with Gasteiger partial charge in [-0.3, -0.25) is 4.79 Å². The molecule has 1 saturated carbocycles. The molecule has 1 N–H and O–H groups in total. The van der Waals surface area contributed by atoms with Crippen molar-refractivity contribution in [3.8, 4) is 6.07 Å². The molecule has 0 spiro atoms. The highest BCUT2D eigenvalue weighted by atomic mass is 16.4. The first-order valence-corrected chi connectivity index (χ1v) is 4.85. The van der Waals surface area contributed by atoms with Crippen molar-refractivity contribution in [3.63, 3.8) is 0 Å². The fourth-order valence-corrected chi connectivity index (χ4v) is 1.89. The molecular formula is C12H11NO2. The maximum absolute atomic E-state index is 11.1. The number of hydrogen-bond acceptors (Lipinski definition) is 2. The third kappa shape index (κ3) is 1.39. The van der Waals surface area contributed by atoms with Crippen molar-refractivity contribution in [2.24, 2.45) is 0 Å².